The van der Waals surface area contributed by atoms with E-state index in [2.05, 4.69) is 53.1 Å². The molecule has 0 bridgehead atoms. The maximum atomic E-state index is 12.4. The maximum absolute atomic E-state index is 12.4. The van der Waals surface area contributed by atoms with Gasteiger partial charge in [0, 0.05) is 37.1 Å². The Labute approximate surface area is 182 Å². The number of rotatable bonds is 6. The second kappa shape index (κ2) is 9.45. The summed E-state index contributed by atoms with van der Waals surface area (Å²) in [6.07, 6.45) is 4.43. The molecule has 2 N–H and O–H groups in total. The first-order valence-electron chi connectivity index (χ1n) is 11.3. The minimum absolute atomic E-state index is 0.0723. The molecule has 7 heteroatoms. The van der Waals surface area contributed by atoms with Crippen LogP contribution in [0.25, 0.3) is 0 Å². The van der Waals surface area contributed by atoms with E-state index < -0.39 is 14.8 Å². The van der Waals surface area contributed by atoms with E-state index in [0.29, 0.717) is 5.92 Å². The van der Waals surface area contributed by atoms with E-state index in [4.69, 9.17) is 4.74 Å². The van der Waals surface area contributed by atoms with Crippen LogP contribution in [0.15, 0.2) is 24.3 Å². The van der Waals surface area contributed by atoms with Crippen LogP contribution in [0.5, 0.6) is 0 Å². The zero-order valence-electron chi connectivity index (χ0n) is 19.1. The number of ether oxygens (including phenoxy) is 1. The first kappa shape index (κ1) is 23.4. The van der Waals surface area contributed by atoms with Crippen LogP contribution in [-0.4, -0.2) is 51.0 Å². The third-order valence-corrected chi connectivity index (χ3v) is 8.48. The molecule has 1 aliphatic carbocycles. The molecule has 0 aromatic heterocycles. The fourth-order valence-corrected chi connectivity index (χ4v) is 5.35. The number of nitrogens with one attached hydrogen (secondary N) is 2. The summed E-state index contributed by atoms with van der Waals surface area (Å²) in [4.78, 5) is 2.39. The van der Waals surface area contributed by atoms with Crippen molar-refractivity contribution in [2.24, 2.45) is 5.92 Å². The van der Waals surface area contributed by atoms with Crippen molar-refractivity contribution in [3.05, 3.63) is 24.3 Å². The highest BCUT2D eigenvalue weighted by atomic mass is 32.2. The fourth-order valence-electron chi connectivity index (χ4n) is 4.32. The Morgan fingerprint density at radius 3 is 2.10 bits per heavy atom. The average molecular weight is 438 g/mol. The van der Waals surface area contributed by atoms with Gasteiger partial charge < -0.3 is 15.0 Å². The molecule has 0 radical (unpaired) electrons. The zero-order chi connectivity index (χ0) is 21.9. The first-order chi connectivity index (χ1) is 14.0. The van der Waals surface area contributed by atoms with Crippen molar-refractivity contribution >= 4 is 21.4 Å². The van der Waals surface area contributed by atoms with E-state index in [1.54, 1.807) is 20.8 Å². The fraction of sp³-hybridized carbons (Fsp3) is 0.739. The molecule has 6 nitrogen and oxygen atoms in total. The molecule has 1 saturated carbocycles. The number of hydrogen-bond acceptors (Lipinski definition) is 5. The van der Waals surface area contributed by atoms with Gasteiger partial charge in [0.1, 0.15) is 0 Å². The Hall–Kier alpha value is -1.31. The van der Waals surface area contributed by atoms with Gasteiger partial charge in [0.25, 0.3) is 0 Å². The number of anilines is 2. The minimum Gasteiger partial charge on any atom is -0.385 e. The molecule has 2 atom stereocenters. The molecular formula is C23H39N3O3S. The van der Waals surface area contributed by atoms with Gasteiger partial charge in [-0.15, -0.1) is 0 Å². The SMILES string of the molecule is C[C@@H]1CN(c2ccc(NC[C@H]3CC[C@H](NS(=O)(=O)C(C)(C)C)CC3)cc2)C[C@H](C)O1. The lowest BCUT2D eigenvalue weighted by atomic mass is 9.86. The third-order valence-electron chi connectivity index (χ3n) is 6.22. The first-order valence-corrected chi connectivity index (χ1v) is 12.8. The minimum atomic E-state index is -3.27. The number of hydrogen-bond donors (Lipinski definition) is 2. The van der Waals surface area contributed by atoms with Gasteiger partial charge >= 0.3 is 0 Å². The summed E-state index contributed by atoms with van der Waals surface area (Å²) in [5.74, 6) is 0.584. The summed E-state index contributed by atoms with van der Waals surface area (Å²) in [6, 6.07) is 8.76. The summed E-state index contributed by atoms with van der Waals surface area (Å²) in [5.41, 5.74) is 2.39. The molecule has 1 saturated heterocycles. The number of benzene rings is 1. The Bertz CT molecular complexity index is 771. The van der Waals surface area contributed by atoms with Crippen molar-refractivity contribution in [2.75, 3.05) is 29.9 Å². The van der Waals surface area contributed by atoms with Crippen LogP contribution in [0.3, 0.4) is 0 Å². The van der Waals surface area contributed by atoms with E-state index in [9.17, 15) is 8.42 Å². The average Bonchev–Trinajstić information content (AvgIpc) is 2.66. The highest BCUT2D eigenvalue weighted by Crippen LogP contribution is 2.27. The Kier molecular flexibility index (Phi) is 7.36. The van der Waals surface area contributed by atoms with Crippen molar-refractivity contribution in [2.45, 2.75) is 83.3 Å². The van der Waals surface area contributed by atoms with Crippen molar-refractivity contribution in [3.8, 4) is 0 Å². The lowest BCUT2D eigenvalue weighted by Crippen LogP contribution is -2.46. The van der Waals surface area contributed by atoms with Gasteiger partial charge in [-0.3, -0.25) is 0 Å². The van der Waals surface area contributed by atoms with Gasteiger partial charge in [-0.25, -0.2) is 13.1 Å². The van der Waals surface area contributed by atoms with Crippen molar-refractivity contribution in [1.29, 1.82) is 0 Å². The molecule has 170 valence electrons. The molecule has 1 aromatic carbocycles. The van der Waals surface area contributed by atoms with E-state index >= 15 is 0 Å². The summed E-state index contributed by atoms with van der Waals surface area (Å²) in [6.45, 7) is 12.3. The predicted octanol–water partition coefficient (Wildman–Crippen LogP) is 3.99. The quantitative estimate of drug-likeness (QED) is 0.704. The highest BCUT2D eigenvalue weighted by molar-refractivity contribution is 7.90. The number of sulfonamides is 1. The summed E-state index contributed by atoms with van der Waals surface area (Å²) >= 11 is 0. The van der Waals surface area contributed by atoms with Gasteiger partial charge in [-0.2, -0.15) is 0 Å². The second-order valence-corrected chi connectivity index (χ2v) is 12.5. The topological polar surface area (TPSA) is 70.7 Å². The van der Waals surface area contributed by atoms with Crippen LogP contribution in [0.4, 0.5) is 11.4 Å². The molecule has 0 unspecified atom stereocenters. The van der Waals surface area contributed by atoms with Crippen LogP contribution in [0.2, 0.25) is 0 Å². The Morgan fingerprint density at radius 2 is 1.57 bits per heavy atom. The highest BCUT2D eigenvalue weighted by Gasteiger charge is 2.32. The molecule has 0 spiro atoms. The maximum Gasteiger partial charge on any atom is 0.216 e. The second-order valence-electron chi connectivity index (χ2n) is 10.0. The number of nitrogens with zero attached hydrogens (tertiary/aromatic N) is 1. The smallest absolute Gasteiger partial charge is 0.216 e. The molecule has 2 aliphatic rings. The molecule has 2 fully saturated rings. The van der Waals surface area contributed by atoms with Crippen molar-refractivity contribution in [3.63, 3.8) is 0 Å². The van der Waals surface area contributed by atoms with Crippen LogP contribution in [-0.2, 0) is 14.8 Å². The lowest BCUT2D eigenvalue weighted by Gasteiger charge is -2.37. The molecular weight excluding hydrogens is 398 g/mol. The van der Waals surface area contributed by atoms with Crippen LogP contribution in [0, 0.1) is 5.92 Å². The van der Waals surface area contributed by atoms with E-state index in [0.717, 1.165) is 51.0 Å². The number of morpholine rings is 1. The third kappa shape index (κ3) is 6.11. The Balaban J connectivity index is 1.44. The molecule has 1 aliphatic heterocycles. The molecule has 30 heavy (non-hydrogen) atoms. The van der Waals surface area contributed by atoms with E-state index in [1.807, 2.05) is 0 Å². The molecule has 1 aromatic rings. The van der Waals surface area contributed by atoms with Crippen molar-refractivity contribution in [1.82, 2.24) is 4.72 Å². The van der Waals surface area contributed by atoms with Crippen LogP contribution >= 0.6 is 0 Å². The summed E-state index contributed by atoms with van der Waals surface area (Å²) < 4.78 is 32.7. The van der Waals surface area contributed by atoms with Crippen LogP contribution in [0.1, 0.15) is 60.3 Å². The molecule has 0 amide bonds. The van der Waals surface area contributed by atoms with Gasteiger partial charge in [-0.1, -0.05) is 0 Å². The standard InChI is InChI=1S/C23H39N3O3S/c1-17-15-26(16-18(2)29-17)22-12-10-20(11-13-22)24-14-19-6-8-21(9-7-19)25-30(27,28)23(3,4)5/h10-13,17-19,21,24-25H,6-9,14-16H2,1-5H3/t17-,18+,19-,21-. The van der Waals surface area contributed by atoms with E-state index in [1.165, 1.54) is 5.69 Å². The normalized spacial score (nSPS) is 28.4. The largest absolute Gasteiger partial charge is 0.385 e. The molecule has 3 rings (SSSR count). The van der Waals surface area contributed by atoms with Gasteiger partial charge in [0.05, 0.1) is 17.0 Å². The lowest BCUT2D eigenvalue weighted by molar-refractivity contribution is -0.00521. The predicted molar refractivity (Wildman–Crippen MR) is 125 cm³/mol. The van der Waals surface area contributed by atoms with Crippen LogP contribution < -0.4 is 14.9 Å². The molecule has 1 heterocycles. The summed E-state index contributed by atoms with van der Waals surface area (Å²) in [5, 5.41) is 3.57. The Morgan fingerprint density at radius 1 is 1.00 bits per heavy atom. The van der Waals surface area contributed by atoms with Crippen molar-refractivity contribution < 1.29 is 13.2 Å². The van der Waals surface area contributed by atoms with Gasteiger partial charge in [0.2, 0.25) is 10.0 Å². The zero-order valence-corrected chi connectivity index (χ0v) is 20.0. The monoisotopic (exact) mass is 437 g/mol. The summed E-state index contributed by atoms with van der Waals surface area (Å²) in [7, 11) is -3.27. The van der Waals surface area contributed by atoms with Gasteiger partial charge in [0.15, 0.2) is 0 Å². The van der Waals surface area contributed by atoms with E-state index in [-0.39, 0.29) is 18.2 Å². The van der Waals surface area contributed by atoms with Gasteiger partial charge in [-0.05, 0) is 90.5 Å².